The highest BCUT2D eigenvalue weighted by Gasteiger charge is 2.15. The minimum Gasteiger partial charge on any atom is -0.497 e. The molecular formula is C20H21N3O3. The van der Waals surface area contributed by atoms with Gasteiger partial charge in [-0.15, -0.1) is 0 Å². The molecule has 0 atom stereocenters. The Morgan fingerprint density at radius 3 is 2.54 bits per heavy atom. The van der Waals surface area contributed by atoms with E-state index in [-0.39, 0.29) is 12.5 Å². The molecule has 6 heteroatoms. The number of para-hydroxylation sites is 1. The molecule has 0 fully saturated rings. The second kappa shape index (κ2) is 7.74. The van der Waals surface area contributed by atoms with Crippen LogP contribution in [-0.2, 0) is 4.79 Å². The van der Waals surface area contributed by atoms with E-state index >= 15 is 0 Å². The Balaban J connectivity index is 1.69. The van der Waals surface area contributed by atoms with E-state index in [1.54, 1.807) is 19.2 Å². The fourth-order valence-corrected chi connectivity index (χ4v) is 2.66. The summed E-state index contributed by atoms with van der Waals surface area (Å²) in [5.74, 6) is 1.01. The molecule has 0 unspecified atom stereocenters. The van der Waals surface area contributed by atoms with Crippen molar-refractivity contribution in [1.29, 1.82) is 0 Å². The number of aromatic nitrogens is 2. The summed E-state index contributed by atoms with van der Waals surface area (Å²) >= 11 is 0. The van der Waals surface area contributed by atoms with Gasteiger partial charge in [0.1, 0.15) is 11.5 Å². The van der Waals surface area contributed by atoms with Crippen LogP contribution in [0.3, 0.4) is 0 Å². The molecule has 1 aromatic heterocycles. The van der Waals surface area contributed by atoms with E-state index in [4.69, 9.17) is 9.47 Å². The molecule has 3 aromatic rings. The van der Waals surface area contributed by atoms with Crippen LogP contribution in [0.1, 0.15) is 11.4 Å². The Kier molecular flexibility index (Phi) is 5.22. The molecule has 0 aliphatic carbocycles. The Labute approximate surface area is 152 Å². The lowest BCUT2D eigenvalue weighted by Gasteiger charge is -2.09. The Morgan fingerprint density at radius 2 is 1.81 bits per heavy atom. The number of hydrogen-bond acceptors (Lipinski definition) is 4. The van der Waals surface area contributed by atoms with E-state index in [2.05, 4.69) is 10.4 Å². The van der Waals surface area contributed by atoms with Crippen LogP contribution in [0.25, 0.3) is 5.69 Å². The SMILES string of the molecule is COc1cccc(OCC(=O)Nc2c(C)nn(-c3ccccc3)c2C)c1. The standard InChI is InChI=1S/C20H21N3O3/c1-14-20(15(2)23(22-14)16-8-5-4-6-9-16)21-19(24)13-26-18-11-7-10-17(12-18)25-3/h4-12H,13H2,1-3H3,(H,21,24). The number of anilines is 1. The quantitative estimate of drug-likeness (QED) is 0.738. The molecule has 0 spiro atoms. The summed E-state index contributed by atoms with van der Waals surface area (Å²) in [6.45, 7) is 3.69. The summed E-state index contributed by atoms with van der Waals surface area (Å²) in [5.41, 5.74) is 3.26. The summed E-state index contributed by atoms with van der Waals surface area (Å²) in [7, 11) is 1.59. The number of carbonyl (C=O) groups excluding carboxylic acids is 1. The van der Waals surface area contributed by atoms with Crippen LogP contribution < -0.4 is 14.8 Å². The van der Waals surface area contributed by atoms with Gasteiger partial charge >= 0.3 is 0 Å². The van der Waals surface area contributed by atoms with Crippen LogP contribution in [0.2, 0.25) is 0 Å². The van der Waals surface area contributed by atoms with Crippen molar-refractivity contribution in [2.45, 2.75) is 13.8 Å². The molecule has 2 aromatic carbocycles. The highest BCUT2D eigenvalue weighted by molar-refractivity contribution is 5.93. The van der Waals surface area contributed by atoms with Gasteiger partial charge in [0.05, 0.1) is 29.9 Å². The minimum absolute atomic E-state index is 0.0947. The van der Waals surface area contributed by atoms with Crippen LogP contribution >= 0.6 is 0 Å². The summed E-state index contributed by atoms with van der Waals surface area (Å²) in [6.07, 6.45) is 0. The van der Waals surface area contributed by atoms with Gasteiger partial charge in [-0.2, -0.15) is 5.10 Å². The molecule has 6 nitrogen and oxygen atoms in total. The molecule has 0 saturated carbocycles. The van der Waals surface area contributed by atoms with Gasteiger partial charge in [0.2, 0.25) is 0 Å². The monoisotopic (exact) mass is 351 g/mol. The molecule has 26 heavy (non-hydrogen) atoms. The number of nitrogens with zero attached hydrogens (tertiary/aromatic N) is 2. The van der Waals surface area contributed by atoms with Crippen molar-refractivity contribution < 1.29 is 14.3 Å². The van der Waals surface area contributed by atoms with Gasteiger partial charge in [0.25, 0.3) is 5.91 Å². The van der Waals surface area contributed by atoms with Crippen molar-refractivity contribution in [1.82, 2.24) is 9.78 Å². The first kappa shape index (κ1) is 17.5. The number of carbonyl (C=O) groups is 1. The average molecular weight is 351 g/mol. The van der Waals surface area contributed by atoms with Gasteiger partial charge in [-0.05, 0) is 38.1 Å². The maximum atomic E-state index is 12.3. The zero-order valence-corrected chi connectivity index (χ0v) is 15.0. The fraction of sp³-hybridized carbons (Fsp3) is 0.200. The molecule has 1 N–H and O–H groups in total. The van der Waals surface area contributed by atoms with Gasteiger partial charge in [0, 0.05) is 6.07 Å². The predicted molar refractivity (Wildman–Crippen MR) is 100 cm³/mol. The zero-order valence-electron chi connectivity index (χ0n) is 15.0. The van der Waals surface area contributed by atoms with Crippen LogP contribution in [0.4, 0.5) is 5.69 Å². The second-order valence-electron chi connectivity index (χ2n) is 5.81. The molecule has 0 aliphatic heterocycles. The summed E-state index contributed by atoms with van der Waals surface area (Å²) < 4.78 is 12.5. The van der Waals surface area contributed by atoms with Gasteiger partial charge in [-0.25, -0.2) is 4.68 Å². The van der Waals surface area contributed by atoms with Crippen LogP contribution in [0.5, 0.6) is 11.5 Å². The van der Waals surface area contributed by atoms with Crippen molar-refractivity contribution in [2.24, 2.45) is 0 Å². The van der Waals surface area contributed by atoms with Gasteiger partial charge in [-0.3, -0.25) is 4.79 Å². The van der Waals surface area contributed by atoms with Gasteiger partial charge in [0.15, 0.2) is 6.61 Å². The molecule has 0 bridgehead atoms. The third kappa shape index (κ3) is 3.85. The number of methoxy groups -OCH3 is 1. The molecule has 134 valence electrons. The first-order valence-corrected chi connectivity index (χ1v) is 8.27. The van der Waals surface area contributed by atoms with Crippen LogP contribution in [0.15, 0.2) is 54.6 Å². The maximum absolute atomic E-state index is 12.3. The topological polar surface area (TPSA) is 65.4 Å². The van der Waals surface area contributed by atoms with Gasteiger partial charge in [-0.1, -0.05) is 24.3 Å². The normalized spacial score (nSPS) is 10.4. The average Bonchev–Trinajstić information content (AvgIpc) is 2.95. The van der Waals surface area contributed by atoms with Crippen molar-refractivity contribution in [3.63, 3.8) is 0 Å². The van der Waals surface area contributed by atoms with E-state index < -0.39 is 0 Å². The number of ether oxygens (including phenoxy) is 2. The highest BCUT2D eigenvalue weighted by atomic mass is 16.5. The maximum Gasteiger partial charge on any atom is 0.262 e. The lowest BCUT2D eigenvalue weighted by Crippen LogP contribution is -2.21. The summed E-state index contributed by atoms with van der Waals surface area (Å²) in [4.78, 5) is 12.3. The number of benzene rings is 2. The molecule has 0 aliphatic rings. The Bertz CT molecular complexity index is 904. The van der Waals surface area contributed by atoms with Crippen molar-refractivity contribution in [3.8, 4) is 17.2 Å². The van der Waals surface area contributed by atoms with E-state index in [0.717, 1.165) is 17.1 Å². The van der Waals surface area contributed by atoms with Gasteiger partial charge < -0.3 is 14.8 Å². The van der Waals surface area contributed by atoms with Crippen molar-refractivity contribution >= 4 is 11.6 Å². The summed E-state index contributed by atoms with van der Waals surface area (Å²) in [5, 5.41) is 7.41. The fourth-order valence-electron chi connectivity index (χ4n) is 2.66. The Morgan fingerprint density at radius 1 is 1.08 bits per heavy atom. The lowest BCUT2D eigenvalue weighted by atomic mass is 10.3. The number of rotatable bonds is 6. The van der Waals surface area contributed by atoms with E-state index in [9.17, 15) is 4.79 Å². The van der Waals surface area contributed by atoms with E-state index in [1.165, 1.54) is 0 Å². The zero-order chi connectivity index (χ0) is 18.5. The Hall–Kier alpha value is -3.28. The number of hydrogen-bond donors (Lipinski definition) is 1. The minimum atomic E-state index is -0.244. The molecule has 3 rings (SSSR count). The number of aryl methyl sites for hydroxylation is 1. The molecule has 0 saturated heterocycles. The predicted octanol–water partition coefficient (Wildman–Crippen LogP) is 3.52. The van der Waals surface area contributed by atoms with Crippen LogP contribution in [-0.4, -0.2) is 29.4 Å². The molecular weight excluding hydrogens is 330 g/mol. The number of nitrogens with one attached hydrogen (secondary N) is 1. The lowest BCUT2D eigenvalue weighted by molar-refractivity contribution is -0.118. The molecule has 1 heterocycles. The van der Waals surface area contributed by atoms with E-state index in [1.807, 2.05) is 61.0 Å². The third-order valence-corrected chi connectivity index (χ3v) is 3.97. The van der Waals surface area contributed by atoms with E-state index in [0.29, 0.717) is 17.2 Å². The first-order chi connectivity index (χ1) is 12.6. The second-order valence-corrected chi connectivity index (χ2v) is 5.81. The summed E-state index contributed by atoms with van der Waals surface area (Å²) in [6, 6.07) is 16.9. The smallest absolute Gasteiger partial charge is 0.262 e. The third-order valence-electron chi connectivity index (χ3n) is 3.97. The number of amides is 1. The first-order valence-electron chi connectivity index (χ1n) is 8.27. The van der Waals surface area contributed by atoms with Crippen LogP contribution in [0, 0.1) is 13.8 Å². The largest absolute Gasteiger partial charge is 0.497 e. The van der Waals surface area contributed by atoms with Crippen molar-refractivity contribution in [2.75, 3.05) is 19.0 Å². The van der Waals surface area contributed by atoms with Crippen molar-refractivity contribution in [3.05, 3.63) is 66.0 Å². The highest BCUT2D eigenvalue weighted by Crippen LogP contribution is 2.23. The molecule has 0 radical (unpaired) electrons. The molecule has 1 amide bonds.